The Morgan fingerprint density at radius 2 is 1.80 bits per heavy atom. The van der Waals surface area contributed by atoms with Crippen LogP contribution in [0.3, 0.4) is 0 Å². The van der Waals surface area contributed by atoms with E-state index in [1.807, 2.05) is 0 Å². The summed E-state index contributed by atoms with van der Waals surface area (Å²) in [6, 6.07) is 0.00398. The predicted molar refractivity (Wildman–Crippen MR) is 84.9 cm³/mol. The van der Waals surface area contributed by atoms with Gasteiger partial charge in [-0.05, 0) is 24.3 Å². The topological polar surface area (TPSA) is 66.8 Å². The summed E-state index contributed by atoms with van der Waals surface area (Å²) in [4.78, 5) is 21.6. The van der Waals surface area contributed by atoms with Crippen LogP contribution in [0.5, 0.6) is 0 Å². The highest BCUT2D eigenvalue weighted by Crippen LogP contribution is 3.02. The Labute approximate surface area is 143 Å². The van der Waals surface area contributed by atoms with Gasteiger partial charge >= 0.3 is 16.2 Å². The van der Waals surface area contributed by atoms with Crippen LogP contribution in [-0.2, 0) is 14.3 Å². The lowest BCUT2D eigenvalue weighted by Gasteiger charge is -2.46. The maximum atomic E-state index is 12.8. The van der Waals surface area contributed by atoms with Gasteiger partial charge in [0.25, 0.3) is 0 Å². The first kappa shape index (κ1) is 19.8. The number of rotatable bonds is 7. The van der Waals surface area contributed by atoms with Gasteiger partial charge in [-0.25, -0.2) is 4.79 Å². The highest BCUT2D eigenvalue weighted by atomic mass is 32.5. The largest absolute Gasteiger partial charge is 0.480 e. The molecule has 0 bridgehead atoms. The first-order valence-corrected chi connectivity index (χ1v) is 9.78. The molecule has 1 aromatic rings. The van der Waals surface area contributed by atoms with E-state index in [4.69, 9.17) is 4.74 Å². The molecule has 1 fully saturated rings. The lowest BCUT2D eigenvalue weighted by molar-refractivity contribution is -0.146. The smallest absolute Gasteiger partial charge is 0.329 e. The van der Waals surface area contributed by atoms with Gasteiger partial charge in [-0.15, -0.1) is 0 Å². The Kier molecular flexibility index (Phi) is 4.34. The lowest BCUT2D eigenvalue weighted by atomic mass is 9.95. The summed E-state index contributed by atoms with van der Waals surface area (Å²) in [6.45, 7) is 0. The van der Waals surface area contributed by atoms with Crippen LogP contribution in [-0.4, -0.2) is 47.7 Å². The van der Waals surface area contributed by atoms with Crippen LogP contribution >= 0.6 is 22.0 Å². The average molecular weight is 407 g/mol. The van der Waals surface area contributed by atoms with Gasteiger partial charge in [-0.3, -0.25) is 9.69 Å². The van der Waals surface area contributed by atoms with Crippen molar-refractivity contribution in [2.45, 2.75) is 16.5 Å². The second-order valence-corrected chi connectivity index (χ2v) is 8.87. The quantitative estimate of drug-likeness (QED) is 0.549. The van der Waals surface area contributed by atoms with Crippen LogP contribution in [0.25, 0.3) is 0 Å². The number of carboxylic acid groups (broad SMARTS) is 1. The molecule has 1 heterocycles. The van der Waals surface area contributed by atoms with E-state index in [0.29, 0.717) is 17.0 Å². The molecule has 1 atom stereocenters. The van der Waals surface area contributed by atoms with Crippen molar-refractivity contribution in [2.75, 3.05) is 23.5 Å². The highest BCUT2D eigenvalue weighted by Gasteiger charge is 2.65. The third kappa shape index (κ3) is 3.85. The third-order valence-corrected chi connectivity index (χ3v) is 6.35. The fraction of sp³-hybridized carbons (Fsp3) is 0.385. The van der Waals surface area contributed by atoms with Gasteiger partial charge in [0.15, 0.2) is 6.04 Å². The zero-order valence-corrected chi connectivity index (χ0v) is 14.3. The summed E-state index contributed by atoms with van der Waals surface area (Å²) in [5.74, 6) is -0.908. The van der Waals surface area contributed by atoms with Gasteiger partial charge in [-0.2, -0.15) is 11.8 Å². The van der Waals surface area contributed by atoms with Gasteiger partial charge in [0.2, 0.25) is 6.41 Å². The number of carbonyl (C=O) groups excluding carboxylic acids is 1. The number of carbonyl (C=O) groups is 2. The maximum absolute atomic E-state index is 12.8. The summed E-state index contributed by atoms with van der Waals surface area (Å²) >= 11 is 1.37. The van der Waals surface area contributed by atoms with E-state index in [2.05, 4.69) is 0 Å². The fourth-order valence-electron chi connectivity index (χ4n) is 2.43. The van der Waals surface area contributed by atoms with Crippen molar-refractivity contribution in [3.05, 3.63) is 24.3 Å². The first-order chi connectivity index (χ1) is 11.2. The van der Waals surface area contributed by atoms with Gasteiger partial charge in [0, 0.05) is 24.3 Å². The molecular formula is C13H14F5NO4S2. The van der Waals surface area contributed by atoms with Crippen LogP contribution in [0.4, 0.5) is 25.1 Å². The number of hydrogen-bond donors (Lipinski definition) is 1. The Hall–Kier alpha value is -1.53. The van der Waals surface area contributed by atoms with Gasteiger partial charge in [0.05, 0.1) is 0 Å². The van der Waals surface area contributed by atoms with E-state index >= 15 is 0 Å². The minimum absolute atomic E-state index is 0.122. The Morgan fingerprint density at radius 3 is 2.08 bits per heavy atom. The molecule has 0 saturated carbocycles. The van der Waals surface area contributed by atoms with E-state index < -0.39 is 32.7 Å². The molecule has 5 nitrogen and oxygen atoms in total. The molecule has 12 heteroatoms. The number of methoxy groups -OCH3 is 1. The standard InChI is InChI=1S/C13H14F5NO4S2/c1-23-13(6-24-7-13)11(12(21)22)19(8-20)9-2-4-10(5-3-9)25(14,15,16,17)18/h2-5,8,11H,6-7H2,1H3,(H,21,22). The zero-order chi connectivity index (χ0) is 19.2. The summed E-state index contributed by atoms with van der Waals surface area (Å²) < 4.78 is 69.0. The number of aliphatic carboxylic acids is 1. The minimum Gasteiger partial charge on any atom is -0.480 e. The average Bonchev–Trinajstić information content (AvgIpc) is 2.43. The number of ether oxygens (including phenoxy) is 1. The van der Waals surface area contributed by atoms with E-state index in [-0.39, 0.29) is 35.7 Å². The number of amides is 1. The number of anilines is 1. The molecule has 1 aromatic carbocycles. The normalized spacial score (nSPS) is 20.6. The van der Waals surface area contributed by atoms with E-state index in [1.54, 1.807) is 0 Å². The number of carboxylic acids is 1. The van der Waals surface area contributed by atoms with Crippen molar-refractivity contribution >= 4 is 40.1 Å². The predicted octanol–water partition coefficient (Wildman–Crippen LogP) is 3.89. The molecule has 2 rings (SSSR count). The van der Waals surface area contributed by atoms with E-state index in [1.165, 1.54) is 18.9 Å². The number of halogens is 5. The van der Waals surface area contributed by atoms with Crippen LogP contribution in [0.2, 0.25) is 0 Å². The summed E-state index contributed by atoms with van der Waals surface area (Å²) in [6.07, 6.45) is 0.122. The number of benzene rings is 1. The van der Waals surface area contributed by atoms with Crippen LogP contribution in [0, 0.1) is 0 Å². The maximum Gasteiger partial charge on any atom is 0.329 e. The number of hydrogen-bond acceptors (Lipinski definition) is 4. The fourth-order valence-corrected chi connectivity index (χ4v) is 4.24. The lowest BCUT2D eigenvalue weighted by Crippen LogP contribution is -2.64. The molecule has 1 amide bonds. The van der Waals surface area contributed by atoms with Gasteiger partial charge in [0.1, 0.15) is 10.5 Å². The molecule has 1 saturated heterocycles. The first-order valence-electron chi connectivity index (χ1n) is 6.67. The molecule has 25 heavy (non-hydrogen) atoms. The number of thioether (sulfide) groups is 1. The highest BCUT2D eigenvalue weighted by molar-refractivity contribution is 8.45. The Balaban J connectivity index is 2.44. The molecular weight excluding hydrogens is 393 g/mol. The van der Waals surface area contributed by atoms with Crippen LogP contribution in [0.1, 0.15) is 0 Å². The van der Waals surface area contributed by atoms with Gasteiger partial charge < -0.3 is 9.84 Å². The zero-order valence-electron chi connectivity index (χ0n) is 12.7. The van der Waals surface area contributed by atoms with Crippen molar-refractivity contribution in [1.82, 2.24) is 0 Å². The summed E-state index contributed by atoms with van der Waals surface area (Å²) in [7, 11) is -8.59. The molecule has 1 unspecified atom stereocenters. The molecule has 0 spiro atoms. The SMILES string of the molecule is COC1(C(C(=O)O)N(C=O)c2ccc(S(F)(F)(F)(F)F)cc2)CSC1. The third-order valence-electron chi connectivity index (χ3n) is 3.80. The van der Waals surface area contributed by atoms with Crippen molar-refractivity contribution in [3.63, 3.8) is 0 Å². The van der Waals surface area contributed by atoms with Crippen LogP contribution < -0.4 is 4.90 Å². The molecule has 142 valence electrons. The molecule has 0 radical (unpaired) electrons. The minimum atomic E-state index is -9.85. The van der Waals surface area contributed by atoms with Crippen molar-refractivity contribution in [1.29, 1.82) is 0 Å². The Morgan fingerprint density at radius 1 is 1.28 bits per heavy atom. The van der Waals surface area contributed by atoms with Crippen molar-refractivity contribution in [3.8, 4) is 0 Å². The van der Waals surface area contributed by atoms with E-state index in [9.17, 15) is 34.1 Å². The van der Waals surface area contributed by atoms with Crippen molar-refractivity contribution < 1.29 is 38.9 Å². The monoisotopic (exact) mass is 407 g/mol. The molecule has 0 aliphatic carbocycles. The second-order valence-electron chi connectivity index (χ2n) is 5.48. The molecule has 0 aromatic heterocycles. The number of nitrogens with zero attached hydrogens (tertiary/aromatic N) is 1. The molecule has 1 aliphatic heterocycles. The summed E-state index contributed by atoms with van der Waals surface area (Å²) in [5, 5.41) is 9.45. The van der Waals surface area contributed by atoms with E-state index in [0.717, 1.165) is 0 Å². The van der Waals surface area contributed by atoms with Crippen LogP contribution in [0.15, 0.2) is 29.2 Å². The second kappa shape index (κ2) is 5.48. The molecule has 1 aliphatic rings. The van der Waals surface area contributed by atoms with Gasteiger partial charge in [-0.1, -0.05) is 19.4 Å². The summed E-state index contributed by atoms with van der Waals surface area (Å²) in [5.41, 5.74) is -1.47. The van der Waals surface area contributed by atoms with Crippen molar-refractivity contribution in [2.24, 2.45) is 0 Å². The Bertz CT molecular complexity index is 685. The molecule has 1 N–H and O–H groups in total.